The Morgan fingerprint density at radius 3 is 2.12 bits per heavy atom. The largest absolute Gasteiger partial charge is 0.493 e. The molecule has 3 aromatic rings. The first-order valence-corrected chi connectivity index (χ1v) is 11.2. The fraction of sp³-hybridized carbons (Fsp3) is 0.214. The summed E-state index contributed by atoms with van der Waals surface area (Å²) in [5.41, 5.74) is 4.79. The van der Waals surface area contributed by atoms with Gasteiger partial charge in [-0.15, -0.1) is 0 Å². The van der Waals surface area contributed by atoms with E-state index in [0.29, 0.717) is 17.9 Å². The van der Waals surface area contributed by atoms with Gasteiger partial charge in [-0.1, -0.05) is 59.7 Å². The Kier molecular flexibility index (Phi) is 9.00. The molecule has 0 atom stereocenters. The average Bonchev–Trinajstić information content (AvgIpc) is 2.85. The van der Waals surface area contributed by atoms with Gasteiger partial charge < -0.3 is 20.5 Å². The molecular weight excluding hydrogens is 428 g/mol. The van der Waals surface area contributed by atoms with Crippen LogP contribution in [0.4, 0.5) is 0 Å². The van der Waals surface area contributed by atoms with Crippen molar-refractivity contribution in [2.75, 3.05) is 19.8 Å². The summed E-state index contributed by atoms with van der Waals surface area (Å²) in [4.78, 5) is 25.3. The number of rotatable bonds is 10. The van der Waals surface area contributed by atoms with Gasteiger partial charge >= 0.3 is 0 Å². The SMILES string of the molecule is Cc1ccc(/C=C(\NC(=O)c2ccc(OCCc3ccc(C)cc3)cc2)C(=O)NCCO)cc1. The van der Waals surface area contributed by atoms with Crippen molar-refractivity contribution in [3.8, 4) is 5.75 Å². The molecule has 0 saturated carbocycles. The number of aryl methyl sites for hydroxylation is 2. The Balaban J connectivity index is 1.63. The van der Waals surface area contributed by atoms with E-state index < -0.39 is 11.8 Å². The van der Waals surface area contributed by atoms with E-state index in [0.717, 1.165) is 17.5 Å². The first kappa shape index (κ1) is 24.7. The number of carbonyl (C=O) groups is 2. The van der Waals surface area contributed by atoms with Crippen LogP contribution in [0.5, 0.6) is 5.75 Å². The normalized spacial score (nSPS) is 11.1. The molecule has 34 heavy (non-hydrogen) atoms. The lowest BCUT2D eigenvalue weighted by Crippen LogP contribution is -2.36. The van der Waals surface area contributed by atoms with E-state index in [1.807, 2.05) is 31.2 Å². The molecule has 0 bridgehead atoms. The highest BCUT2D eigenvalue weighted by molar-refractivity contribution is 6.05. The molecule has 0 unspecified atom stereocenters. The van der Waals surface area contributed by atoms with Gasteiger partial charge in [0.25, 0.3) is 11.8 Å². The number of aliphatic hydroxyl groups excluding tert-OH is 1. The second-order valence-electron chi connectivity index (χ2n) is 8.01. The van der Waals surface area contributed by atoms with Gasteiger partial charge in [-0.05, 0) is 55.3 Å². The van der Waals surface area contributed by atoms with Crippen molar-refractivity contribution in [2.24, 2.45) is 0 Å². The van der Waals surface area contributed by atoms with Crippen LogP contribution in [0.15, 0.2) is 78.5 Å². The number of amides is 2. The van der Waals surface area contributed by atoms with Gasteiger partial charge in [0.05, 0.1) is 13.2 Å². The number of hydrogen-bond donors (Lipinski definition) is 3. The second-order valence-corrected chi connectivity index (χ2v) is 8.01. The minimum Gasteiger partial charge on any atom is -0.493 e. The van der Waals surface area contributed by atoms with Crippen molar-refractivity contribution >= 4 is 17.9 Å². The monoisotopic (exact) mass is 458 g/mol. The van der Waals surface area contributed by atoms with Crippen LogP contribution in [0.25, 0.3) is 6.08 Å². The third-order valence-corrected chi connectivity index (χ3v) is 5.18. The minimum atomic E-state index is -0.473. The minimum absolute atomic E-state index is 0.0918. The smallest absolute Gasteiger partial charge is 0.267 e. The molecule has 3 N–H and O–H groups in total. The molecule has 0 aromatic heterocycles. The highest BCUT2D eigenvalue weighted by atomic mass is 16.5. The molecule has 0 fully saturated rings. The lowest BCUT2D eigenvalue weighted by molar-refractivity contribution is -0.117. The molecular formula is C28H30N2O4. The zero-order valence-electron chi connectivity index (χ0n) is 19.5. The molecule has 0 heterocycles. The summed E-state index contributed by atoms with van der Waals surface area (Å²) < 4.78 is 5.80. The summed E-state index contributed by atoms with van der Waals surface area (Å²) in [6.07, 6.45) is 2.39. The van der Waals surface area contributed by atoms with Crippen LogP contribution in [0.1, 0.15) is 32.6 Å². The van der Waals surface area contributed by atoms with Crippen molar-refractivity contribution in [3.63, 3.8) is 0 Å². The third-order valence-electron chi connectivity index (χ3n) is 5.18. The van der Waals surface area contributed by atoms with E-state index in [1.54, 1.807) is 30.3 Å². The third kappa shape index (κ3) is 7.60. The van der Waals surface area contributed by atoms with Crippen LogP contribution >= 0.6 is 0 Å². The molecule has 0 aliphatic rings. The van der Waals surface area contributed by atoms with Gasteiger partial charge in [-0.3, -0.25) is 9.59 Å². The molecule has 3 aromatic carbocycles. The Labute approximate surface area is 200 Å². The van der Waals surface area contributed by atoms with Gasteiger partial charge in [0.1, 0.15) is 11.4 Å². The van der Waals surface area contributed by atoms with Crippen molar-refractivity contribution in [1.82, 2.24) is 10.6 Å². The van der Waals surface area contributed by atoms with E-state index in [4.69, 9.17) is 9.84 Å². The molecule has 0 spiro atoms. The van der Waals surface area contributed by atoms with Crippen molar-refractivity contribution in [3.05, 3.63) is 106 Å². The highest BCUT2D eigenvalue weighted by Gasteiger charge is 2.14. The Bertz CT molecular complexity index is 1120. The topological polar surface area (TPSA) is 87.7 Å². The highest BCUT2D eigenvalue weighted by Crippen LogP contribution is 2.14. The molecule has 0 aliphatic carbocycles. The first-order chi connectivity index (χ1) is 16.4. The lowest BCUT2D eigenvalue weighted by Gasteiger charge is -2.11. The summed E-state index contributed by atoms with van der Waals surface area (Å²) in [6, 6.07) is 22.7. The number of ether oxygens (including phenoxy) is 1. The number of carbonyl (C=O) groups excluding carboxylic acids is 2. The van der Waals surface area contributed by atoms with Gasteiger partial charge in [-0.2, -0.15) is 0 Å². The second kappa shape index (κ2) is 12.4. The molecule has 6 heteroatoms. The first-order valence-electron chi connectivity index (χ1n) is 11.2. The molecule has 0 saturated heterocycles. The summed E-state index contributed by atoms with van der Waals surface area (Å²) in [7, 11) is 0. The number of nitrogens with one attached hydrogen (secondary N) is 2. The van der Waals surface area contributed by atoms with E-state index >= 15 is 0 Å². The fourth-order valence-corrected chi connectivity index (χ4v) is 3.19. The van der Waals surface area contributed by atoms with Gasteiger partial charge in [0, 0.05) is 18.5 Å². The lowest BCUT2D eigenvalue weighted by atomic mass is 10.1. The summed E-state index contributed by atoms with van der Waals surface area (Å²) in [5.74, 6) is -0.220. The summed E-state index contributed by atoms with van der Waals surface area (Å²) in [6.45, 7) is 4.46. The van der Waals surface area contributed by atoms with Crippen molar-refractivity contribution in [1.29, 1.82) is 0 Å². The van der Waals surface area contributed by atoms with Crippen LogP contribution in [-0.4, -0.2) is 36.7 Å². The Morgan fingerprint density at radius 2 is 1.50 bits per heavy atom. The molecule has 6 nitrogen and oxygen atoms in total. The van der Waals surface area contributed by atoms with E-state index in [-0.39, 0.29) is 18.8 Å². The van der Waals surface area contributed by atoms with E-state index in [1.165, 1.54) is 11.1 Å². The van der Waals surface area contributed by atoms with Crippen LogP contribution in [0.2, 0.25) is 0 Å². The van der Waals surface area contributed by atoms with E-state index in [9.17, 15) is 9.59 Å². The average molecular weight is 459 g/mol. The maximum atomic E-state index is 12.8. The van der Waals surface area contributed by atoms with Gasteiger partial charge in [0.2, 0.25) is 0 Å². The summed E-state index contributed by atoms with van der Waals surface area (Å²) in [5, 5.41) is 14.3. The molecule has 0 radical (unpaired) electrons. The summed E-state index contributed by atoms with van der Waals surface area (Å²) >= 11 is 0. The van der Waals surface area contributed by atoms with Crippen LogP contribution in [-0.2, 0) is 11.2 Å². The predicted octanol–water partition coefficient (Wildman–Crippen LogP) is 3.80. The zero-order valence-corrected chi connectivity index (χ0v) is 19.5. The molecule has 2 amide bonds. The Hall–Kier alpha value is -3.90. The number of benzene rings is 3. The molecule has 0 aliphatic heterocycles. The van der Waals surface area contributed by atoms with Gasteiger partial charge in [0.15, 0.2) is 0 Å². The zero-order chi connectivity index (χ0) is 24.3. The maximum Gasteiger partial charge on any atom is 0.267 e. The van der Waals surface area contributed by atoms with Crippen LogP contribution in [0.3, 0.4) is 0 Å². The molecule has 3 rings (SSSR count). The number of aliphatic hydroxyl groups is 1. The van der Waals surface area contributed by atoms with Crippen LogP contribution in [0, 0.1) is 13.8 Å². The van der Waals surface area contributed by atoms with Crippen molar-refractivity contribution < 1.29 is 19.4 Å². The fourth-order valence-electron chi connectivity index (χ4n) is 3.19. The quantitative estimate of drug-likeness (QED) is 0.403. The maximum absolute atomic E-state index is 12.8. The number of hydrogen-bond acceptors (Lipinski definition) is 4. The van der Waals surface area contributed by atoms with Gasteiger partial charge in [-0.25, -0.2) is 0 Å². The van der Waals surface area contributed by atoms with Crippen molar-refractivity contribution in [2.45, 2.75) is 20.3 Å². The van der Waals surface area contributed by atoms with Crippen LogP contribution < -0.4 is 15.4 Å². The molecule has 176 valence electrons. The predicted molar refractivity (Wildman–Crippen MR) is 134 cm³/mol. The Morgan fingerprint density at radius 1 is 0.882 bits per heavy atom. The standard InChI is InChI=1S/C28H30N2O4/c1-20-3-7-22(8-4-20)15-18-34-25-13-11-24(12-14-25)27(32)30-26(28(33)29-16-17-31)19-23-9-5-21(2)6-10-23/h3-14,19,31H,15-18H2,1-2H3,(H,29,33)(H,30,32)/b26-19-. The van der Waals surface area contributed by atoms with E-state index in [2.05, 4.69) is 41.8 Å².